The Kier molecular flexibility index (Phi) is 2.67. The molecule has 0 fully saturated rings. The maximum absolute atomic E-state index is 10.4. The number of carbonyl (C=O) groups excluding carboxylic acids is 1. The maximum atomic E-state index is 10.4. The zero-order valence-electron chi connectivity index (χ0n) is 6.42. The number of aldehydes is 1. The normalized spacial score (nSPS) is 32.1. The largest absolute Gasteiger partial charge is 0.303 e. The lowest BCUT2D eigenvalue weighted by Gasteiger charge is -2.19. The molecule has 0 heterocycles. The van der Waals surface area contributed by atoms with Crippen molar-refractivity contribution in [3.05, 3.63) is 12.2 Å². The Labute approximate surface area is 62.1 Å². The molecule has 1 aliphatic rings. The van der Waals surface area contributed by atoms with Crippen LogP contribution in [0.3, 0.4) is 0 Å². The molecule has 0 saturated carbocycles. The molecule has 1 nitrogen and oxygen atoms in total. The summed E-state index contributed by atoms with van der Waals surface area (Å²) >= 11 is 0. The van der Waals surface area contributed by atoms with Crippen molar-refractivity contribution in [1.82, 2.24) is 0 Å². The average Bonchev–Trinajstić information content (AvgIpc) is 2.05. The number of allylic oxidation sites excluding steroid dienone is 2. The summed E-state index contributed by atoms with van der Waals surface area (Å²) in [7, 11) is 0. The Hall–Kier alpha value is -0.590. The Morgan fingerprint density at radius 1 is 1.70 bits per heavy atom. The molecule has 0 amide bonds. The van der Waals surface area contributed by atoms with E-state index in [9.17, 15) is 4.79 Å². The second-order valence-electron chi connectivity index (χ2n) is 2.97. The van der Waals surface area contributed by atoms with E-state index < -0.39 is 0 Å². The molecule has 0 aliphatic heterocycles. The fourth-order valence-corrected chi connectivity index (χ4v) is 1.44. The van der Waals surface area contributed by atoms with Gasteiger partial charge in [-0.05, 0) is 18.8 Å². The van der Waals surface area contributed by atoms with Crippen molar-refractivity contribution in [3.63, 3.8) is 0 Å². The molecule has 1 aliphatic carbocycles. The first-order valence-corrected chi connectivity index (χ1v) is 3.98. The summed E-state index contributed by atoms with van der Waals surface area (Å²) in [6.07, 6.45) is 8.65. The van der Waals surface area contributed by atoms with Gasteiger partial charge in [0.1, 0.15) is 6.29 Å². The third-order valence-corrected chi connectivity index (χ3v) is 2.21. The summed E-state index contributed by atoms with van der Waals surface area (Å²) in [5.41, 5.74) is 0. The summed E-state index contributed by atoms with van der Waals surface area (Å²) < 4.78 is 0. The third-order valence-electron chi connectivity index (χ3n) is 2.21. The van der Waals surface area contributed by atoms with Crippen molar-refractivity contribution in [2.45, 2.75) is 26.2 Å². The molecule has 0 saturated heterocycles. The molecule has 10 heavy (non-hydrogen) atoms. The van der Waals surface area contributed by atoms with E-state index in [2.05, 4.69) is 13.0 Å². The summed E-state index contributed by atoms with van der Waals surface area (Å²) in [5.74, 6) is 0.957. The Bertz CT molecular complexity index is 138. The highest BCUT2D eigenvalue weighted by atomic mass is 16.1. The average molecular weight is 138 g/mol. The molecule has 1 heteroatoms. The number of rotatable bonds is 2. The first-order chi connectivity index (χ1) is 4.86. The molecule has 0 bridgehead atoms. The first kappa shape index (κ1) is 7.52. The van der Waals surface area contributed by atoms with E-state index in [0.717, 1.165) is 18.6 Å². The lowest BCUT2D eigenvalue weighted by atomic mass is 9.86. The third kappa shape index (κ3) is 1.69. The van der Waals surface area contributed by atoms with Crippen LogP contribution >= 0.6 is 0 Å². The minimum absolute atomic E-state index is 0.207. The van der Waals surface area contributed by atoms with Crippen LogP contribution in [0.25, 0.3) is 0 Å². The highest BCUT2D eigenvalue weighted by Crippen LogP contribution is 2.24. The topological polar surface area (TPSA) is 17.1 Å². The predicted octanol–water partition coefficient (Wildman–Crippen LogP) is 2.18. The molecule has 0 aromatic heterocycles. The lowest BCUT2D eigenvalue weighted by molar-refractivity contribution is -0.110. The van der Waals surface area contributed by atoms with Crippen molar-refractivity contribution < 1.29 is 4.79 Å². The maximum Gasteiger partial charge on any atom is 0.126 e. The van der Waals surface area contributed by atoms with Gasteiger partial charge in [0.15, 0.2) is 0 Å². The van der Waals surface area contributed by atoms with Crippen molar-refractivity contribution in [2.75, 3.05) is 0 Å². The minimum atomic E-state index is 0.207. The van der Waals surface area contributed by atoms with E-state index in [4.69, 9.17) is 0 Å². The van der Waals surface area contributed by atoms with Crippen LogP contribution < -0.4 is 0 Å². The van der Waals surface area contributed by atoms with Crippen LogP contribution in [0.4, 0.5) is 0 Å². The molecule has 56 valence electrons. The van der Waals surface area contributed by atoms with Gasteiger partial charge >= 0.3 is 0 Å². The van der Waals surface area contributed by atoms with E-state index in [0.29, 0.717) is 0 Å². The molecule has 2 unspecified atom stereocenters. The molecule has 0 radical (unpaired) electrons. The SMILES string of the molecule is CCC1CC=CC(C=O)C1. The Morgan fingerprint density at radius 3 is 3.10 bits per heavy atom. The Balaban J connectivity index is 2.45. The smallest absolute Gasteiger partial charge is 0.126 e. The van der Waals surface area contributed by atoms with Crippen LogP contribution in [-0.2, 0) is 4.79 Å². The molecule has 0 aromatic carbocycles. The minimum Gasteiger partial charge on any atom is -0.303 e. The van der Waals surface area contributed by atoms with E-state index in [1.165, 1.54) is 12.8 Å². The predicted molar refractivity (Wildman–Crippen MR) is 41.7 cm³/mol. The summed E-state index contributed by atoms with van der Waals surface area (Å²) in [4.78, 5) is 10.4. The molecular weight excluding hydrogens is 124 g/mol. The number of hydrogen-bond acceptors (Lipinski definition) is 1. The van der Waals surface area contributed by atoms with E-state index >= 15 is 0 Å². The van der Waals surface area contributed by atoms with Gasteiger partial charge in [0, 0.05) is 5.92 Å². The quantitative estimate of drug-likeness (QED) is 0.422. The van der Waals surface area contributed by atoms with Crippen LogP contribution in [0.15, 0.2) is 12.2 Å². The highest BCUT2D eigenvalue weighted by molar-refractivity contribution is 5.56. The van der Waals surface area contributed by atoms with Gasteiger partial charge in [-0.2, -0.15) is 0 Å². The van der Waals surface area contributed by atoms with Gasteiger partial charge in [0.25, 0.3) is 0 Å². The van der Waals surface area contributed by atoms with Crippen molar-refractivity contribution in [2.24, 2.45) is 11.8 Å². The van der Waals surface area contributed by atoms with Crippen molar-refractivity contribution in [3.8, 4) is 0 Å². The highest BCUT2D eigenvalue weighted by Gasteiger charge is 2.14. The van der Waals surface area contributed by atoms with E-state index in [1.807, 2.05) is 6.08 Å². The van der Waals surface area contributed by atoms with Crippen molar-refractivity contribution >= 4 is 6.29 Å². The van der Waals surface area contributed by atoms with Crippen LogP contribution in [-0.4, -0.2) is 6.29 Å². The van der Waals surface area contributed by atoms with Gasteiger partial charge in [0.05, 0.1) is 0 Å². The summed E-state index contributed by atoms with van der Waals surface area (Å²) in [6.45, 7) is 2.19. The van der Waals surface area contributed by atoms with Gasteiger partial charge in [0.2, 0.25) is 0 Å². The summed E-state index contributed by atoms with van der Waals surface area (Å²) in [6, 6.07) is 0. The molecule has 1 rings (SSSR count). The molecule has 0 N–H and O–H groups in total. The second-order valence-corrected chi connectivity index (χ2v) is 2.97. The van der Waals surface area contributed by atoms with Crippen LogP contribution in [0.1, 0.15) is 26.2 Å². The first-order valence-electron chi connectivity index (χ1n) is 3.98. The zero-order valence-corrected chi connectivity index (χ0v) is 6.42. The van der Waals surface area contributed by atoms with Gasteiger partial charge in [-0.25, -0.2) is 0 Å². The monoisotopic (exact) mass is 138 g/mol. The number of carbonyl (C=O) groups is 1. The van der Waals surface area contributed by atoms with Gasteiger partial charge in [-0.1, -0.05) is 25.5 Å². The number of hydrogen-bond donors (Lipinski definition) is 0. The van der Waals surface area contributed by atoms with E-state index in [-0.39, 0.29) is 5.92 Å². The van der Waals surface area contributed by atoms with Gasteiger partial charge in [-0.15, -0.1) is 0 Å². The van der Waals surface area contributed by atoms with Crippen LogP contribution in [0, 0.1) is 11.8 Å². The standard InChI is InChI=1S/C9H14O/c1-2-8-4-3-5-9(6-8)7-10/h3,5,7-9H,2,4,6H2,1H3. The van der Waals surface area contributed by atoms with Gasteiger partial charge in [-0.3, -0.25) is 0 Å². The molecular formula is C9H14O. The molecule has 0 aromatic rings. The van der Waals surface area contributed by atoms with Gasteiger partial charge < -0.3 is 4.79 Å². The van der Waals surface area contributed by atoms with E-state index in [1.54, 1.807) is 0 Å². The van der Waals surface area contributed by atoms with Crippen LogP contribution in [0.2, 0.25) is 0 Å². The fourth-order valence-electron chi connectivity index (χ4n) is 1.44. The van der Waals surface area contributed by atoms with Crippen LogP contribution in [0.5, 0.6) is 0 Å². The molecule has 2 atom stereocenters. The fraction of sp³-hybridized carbons (Fsp3) is 0.667. The van der Waals surface area contributed by atoms with Crippen molar-refractivity contribution in [1.29, 1.82) is 0 Å². The lowest BCUT2D eigenvalue weighted by Crippen LogP contribution is -2.11. The molecule has 0 spiro atoms. The Morgan fingerprint density at radius 2 is 2.50 bits per heavy atom. The summed E-state index contributed by atoms with van der Waals surface area (Å²) in [5, 5.41) is 0. The zero-order chi connectivity index (χ0) is 7.40. The second kappa shape index (κ2) is 3.55.